The summed E-state index contributed by atoms with van der Waals surface area (Å²) < 4.78 is 0. The number of pyridine rings is 1. The van der Waals surface area contributed by atoms with Gasteiger partial charge in [-0.1, -0.05) is 6.07 Å². The van der Waals surface area contributed by atoms with Gasteiger partial charge in [0.1, 0.15) is 9.88 Å². The van der Waals surface area contributed by atoms with Crippen LogP contribution in [0.4, 0.5) is 5.13 Å². The van der Waals surface area contributed by atoms with Crippen molar-refractivity contribution in [1.82, 2.24) is 15.0 Å². The number of thiazole rings is 2. The summed E-state index contributed by atoms with van der Waals surface area (Å²) in [5.74, 6) is -0.747. The Morgan fingerprint density at radius 3 is 2.83 bits per heavy atom. The molecule has 3 aromatic heterocycles. The van der Waals surface area contributed by atoms with Gasteiger partial charge in [-0.15, -0.1) is 22.7 Å². The number of hydrogen-bond donors (Lipinski definition) is 2. The number of carbonyl (C=O) groups is 2. The number of nitrogens with two attached hydrogens (primary N) is 1. The van der Waals surface area contributed by atoms with Gasteiger partial charge >= 0.3 is 0 Å². The van der Waals surface area contributed by atoms with Gasteiger partial charge in [0.15, 0.2) is 5.13 Å². The number of aryl methyl sites for hydroxylation is 1. The number of amides is 2. The van der Waals surface area contributed by atoms with E-state index in [0.717, 1.165) is 5.69 Å². The van der Waals surface area contributed by atoms with Crippen LogP contribution in [0.5, 0.6) is 0 Å². The van der Waals surface area contributed by atoms with Crippen LogP contribution in [-0.4, -0.2) is 26.8 Å². The molecule has 0 saturated carbocycles. The van der Waals surface area contributed by atoms with Crippen LogP contribution in [-0.2, 0) is 11.2 Å². The molecule has 0 bridgehead atoms. The van der Waals surface area contributed by atoms with Crippen LogP contribution in [0.3, 0.4) is 0 Å². The maximum atomic E-state index is 12.4. The number of primary amides is 1. The third-order valence-electron chi connectivity index (χ3n) is 3.01. The quantitative estimate of drug-likeness (QED) is 0.726. The lowest BCUT2D eigenvalue weighted by atomic mass is 10.3. The minimum absolute atomic E-state index is 0.0514. The van der Waals surface area contributed by atoms with Gasteiger partial charge in [0.05, 0.1) is 23.5 Å². The molecule has 0 aliphatic rings. The van der Waals surface area contributed by atoms with Crippen molar-refractivity contribution in [3.63, 3.8) is 0 Å². The lowest BCUT2D eigenvalue weighted by Crippen LogP contribution is -2.14. The molecule has 3 aromatic rings. The molecule has 0 spiro atoms. The number of nitrogens with one attached hydrogen (secondary N) is 1. The average Bonchev–Trinajstić information content (AvgIpc) is 3.14. The van der Waals surface area contributed by atoms with Gasteiger partial charge in [0, 0.05) is 11.6 Å². The molecule has 2 amide bonds. The fourth-order valence-electron chi connectivity index (χ4n) is 1.98. The van der Waals surface area contributed by atoms with Crippen molar-refractivity contribution >= 4 is 39.6 Å². The van der Waals surface area contributed by atoms with Crippen LogP contribution in [0.2, 0.25) is 0 Å². The van der Waals surface area contributed by atoms with E-state index in [2.05, 4.69) is 20.3 Å². The van der Waals surface area contributed by atoms with Crippen LogP contribution in [0, 0.1) is 6.92 Å². The van der Waals surface area contributed by atoms with Crippen molar-refractivity contribution in [2.75, 3.05) is 5.32 Å². The maximum Gasteiger partial charge on any atom is 0.269 e. The van der Waals surface area contributed by atoms with E-state index in [4.69, 9.17) is 5.73 Å². The fraction of sp³-hybridized carbons (Fsp3) is 0.133. The summed E-state index contributed by atoms with van der Waals surface area (Å²) in [6.45, 7) is 1.78. The van der Waals surface area contributed by atoms with Crippen molar-refractivity contribution in [2.45, 2.75) is 13.3 Å². The van der Waals surface area contributed by atoms with Gasteiger partial charge in [-0.25, -0.2) is 9.97 Å². The first-order valence-corrected chi connectivity index (χ1v) is 8.65. The third kappa shape index (κ3) is 3.63. The second-order valence-corrected chi connectivity index (χ2v) is 6.75. The molecule has 0 fully saturated rings. The largest absolute Gasteiger partial charge is 0.369 e. The van der Waals surface area contributed by atoms with Crippen molar-refractivity contribution < 1.29 is 9.59 Å². The highest BCUT2D eigenvalue weighted by molar-refractivity contribution is 7.17. The molecule has 0 aliphatic heterocycles. The Hall–Kier alpha value is -2.65. The van der Waals surface area contributed by atoms with Crippen molar-refractivity contribution in [3.8, 4) is 10.7 Å². The van der Waals surface area contributed by atoms with Gasteiger partial charge in [-0.3, -0.25) is 19.9 Å². The SMILES string of the molecule is Cc1nc(-c2ccccn2)sc1C(=O)Nc1nc(CC(N)=O)cs1. The van der Waals surface area contributed by atoms with Crippen LogP contribution < -0.4 is 11.1 Å². The van der Waals surface area contributed by atoms with E-state index in [1.807, 2.05) is 18.2 Å². The summed E-state index contributed by atoms with van der Waals surface area (Å²) in [5, 5.41) is 5.52. The van der Waals surface area contributed by atoms with Gasteiger partial charge in [-0.05, 0) is 19.1 Å². The lowest BCUT2D eigenvalue weighted by molar-refractivity contribution is -0.117. The molecule has 7 nitrogen and oxygen atoms in total. The predicted octanol–water partition coefficient (Wildman–Crippen LogP) is 2.25. The van der Waals surface area contributed by atoms with Crippen molar-refractivity contribution in [3.05, 3.63) is 46.0 Å². The minimum Gasteiger partial charge on any atom is -0.369 e. The zero-order valence-electron chi connectivity index (χ0n) is 12.6. The Morgan fingerprint density at radius 2 is 2.12 bits per heavy atom. The molecular weight excluding hydrogens is 346 g/mol. The maximum absolute atomic E-state index is 12.4. The summed E-state index contributed by atoms with van der Waals surface area (Å²) in [7, 11) is 0. The van der Waals surface area contributed by atoms with Crippen LogP contribution in [0.1, 0.15) is 21.1 Å². The average molecular weight is 359 g/mol. The minimum atomic E-state index is -0.462. The standard InChI is InChI=1S/C15H13N5O2S2/c1-8-12(24-14(18-8)10-4-2-3-5-17-10)13(22)20-15-19-9(7-23-15)6-11(16)21/h2-5,7H,6H2,1H3,(H2,16,21)(H,19,20,22). The van der Waals surface area contributed by atoms with Gasteiger partial charge in [-0.2, -0.15) is 0 Å². The van der Waals surface area contributed by atoms with E-state index in [1.54, 1.807) is 18.5 Å². The molecule has 0 saturated heterocycles. The smallest absolute Gasteiger partial charge is 0.269 e. The molecule has 122 valence electrons. The topological polar surface area (TPSA) is 111 Å². The zero-order valence-corrected chi connectivity index (χ0v) is 14.3. The Morgan fingerprint density at radius 1 is 1.29 bits per heavy atom. The van der Waals surface area contributed by atoms with E-state index < -0.39 is 5.91 Å². The van der Waals surface area contributed by atoms with Gasteiger partial charge < -0.3 is 5.73 Å². The Bertz CT molecular complexity index is 888. The summed E-state index contributed by atoms with van der Waals surface area (Å²) in [5.41, 5.74) is 7.03. The normalized spacial score (nSPS) is 10.5. The molecule has 3 rings (SSSR count). The van der Waals surface area contributed by atoms with E-state index in [1.165, 1.54) is 22.7 Å². The molecule has 0 atom stereocenters. The highest BCUT2D eigenvalue weighted by Gasteiger charge is 2.18. The highest BCUT2D eigenvalue weighted by atomic mass is 32.1. The highest BCUT2D eigenvalue weighted by Crippen LogP contribution is 2.27. The van der Waals surface area contributed by atoms with E-state index in [-0.39, 0.29) is 12.3 Å². The predicted molar refractivity (Wildman–Crippen MR) is 93.0 cm³/mol. The van der Waals surface area contributed by atoms with E-state index >= 15 is 0 Å². The number of anilines is 1. The first-order valence-electron chi connectivity index (χ1n) is 6.96. The number of carbonyl (C=O) groups excluding carboxylic acids is 2. The summed E-state index contributed by atoms with van der Waals surface area (Å²) in [6.07, 6.45) is 1.73. The zero-order chi connectivity index (χ0) is 17.1. The molecule has 0 unspecified atom stereocenters. The molecule has 3 heterocycles. The Kier molecular flexibility index (Phi) is 4.63. The Balaban J connectivity index is 1.77. The lowest BCUT2D eigenvalue weighted by Gasteiger charge is -1.99. The first kappa shape index (κ1) is 16.2. The number of nitrogens with zero attached hydrogens (tertiary/aromatic N) is 3. The number of hydrogen-bond acceptors (Lipinski definition) is 7. The second-order valence-electron chi connectivity index (χ2n) is 4.89. The van der Waals surface area contributed by atoms with E-state index in [9.17, 15) is 9.59 Å². The van der Waals surface area contributed by atoms with Gasteiger partial charge in [0.2, 0.25) is 5.91 Å². The molecule has 0 aromatic carbocycles. The molecule has 0 aliphatic carbocycles. The molecule has 24 heavy (non-hydrogen) atoms. The van der Waals surface area contributed by atoms with Crippen LogP contribution in [0.15, 0.2) is 29.8 Å². The first-order chi connectivity index (χ1) is 11.5. The fourth-order valence-corrected chi connectivity index (χ4v) is 3.63. The third-order valence-corrected chi connectivity index (χ3v) is 5.00. The number of aromatic nitrogens is 3. The van der Waals surface area contributed by atoms with Gasteiger partial charge in [0.25, 0.3) is 5.91 Å². The second kappa shape index (κ2) is 6.85. The monoisotopic (exact) mass is 359 g/mol. The molecule has 3 N–H and O–H groups in total. The molecule has 0 radical (unpaired) electrons. The summed E-state index contributed by atoms with van der Waals surface area (Å²) >= 11 is 2.52. The molecule has 9 heteroatoms. The van der Waals surface area contributed by atoms with Crippen LogP contribution >= 0.6 is 22.7 Å². The molecular formula is C15H13N5O2S2. The van der Waals surface area contributed by atoms with Crippen molar-refractivity contribution in [2.24, 2.45) is 5.73 Å². The summed E-state index contributed by atoms with van der Waals surface area (Å²) in [6, 6.07) is 5.54. The Labute approximate surface area is 145 Å². The summed E-state index contributed by atoms with van der Waals surface area (Å²) in [4.78, 5) is 36.6. The van der Waals surface area contributed by atoms with E-state index in [0.29, 0.717) is 26.4 Å². The number of rotatable bonds is 5. The van der Waals surface area contributed by atoms with Crippen LogP contribution in [0.25, 0.3) is 10.7 Å². The van der Waals surface area contributed by atoms with Crippen molar-refractivity contribution in [1.29, 1.82) is 0 Å².